The second-order valence-electron chi connectivity index (χ2n) is 2.20. The number of alkyl halides is 1. The van der Waals surface area contributed by atoms with E-state index in [0.717, 1.165) is 10.2 Å². The predicted octanol–water partition coefficient (Wildman–Crippen LogP) is 2.87. The minimum absolute atomic E-state index is 0.153. The van der Waals surface area contributed by atoms with Crippen molar-refractivity contribution in [1.29, 1.82) is 0 Å². The Labute approximate surface area is 78.8 Å². The summed E-state index contributed by atoms with van der Waals surface area (Å²) < 4.78 is 6.19. The molecule has 1 aromatic carbocycles. The topological polar surface area (TPSA) is 22.1 Å². The molecule has 1 heterocycles. The number of nitrogens with zero attached hydrogens (tertiary/aromatic N) is 1. The van der Waals surface area contributed by atoms with Crippen LogP contribution in [-0.4, -0.2) is 11.1 Å². The first kappa shape index (κ1) is 7.83. The zero-order chi connectivity index (χ0) is 8.39. The van der Waals surface area contributed by atoms with Gasteiger partial charge in [-0.05, 0) is 12.1 Å². The van der Waals surface area contributed by atoms with Gasteiger partial charge in [-0.2, -0.15) is 0 Å². The third kappa shape index (κ3) is 1.38. The van der Waals surface area contributed by atoms with E-state index in [-0.39, 0.29) is 6.07 Å². The van der Waals surface area contributed by atoms with Gasteiger partial charge in [0.25, 0.3) is 5.19 Å². The van der Waals surface area contributed by atoms with E-state index in [1.165, 1.54) is 11.3 Å². The maximum atomic E-state index is 5.41. The number of aromatic nitrogens is 1. The first-order chi connectivity index (χ1) is 5.90. The Balaban J connectivity index is 2.47. The summed E-state index contributed by atoms with van der Waals surface area (Å²) in [6.07, 6.45) is 0. The van der Waals surface area contributed by atoms with Crippen molar-refractivity contribution in [3.8, 4) is 5.19 Å². The summed E-state index contributed by atoms with van der Waals surface area (Å²) in [4.78, 5) is 4.21. The first-order valence-electron chi connectivity index (χ1n) is 3.44. The van der Waals surface area contributed by atoms with Gasteiger partial charge in [0, 0.05) is 0 Å². The molecule has 0 amide bonds. The molecule has 0 spiro atoms. The molecular formula is C8H6ClNOS. The SMILES string of the molecule is ClCOc1nc2ccccc2s1. The van der Waals surface area contributed by atoms with Crippen molar-refractivity contribution < 1.29 is 4.74 Å². The Morgan fingerprint density at radius 1 is 1.42 bits per heavy atom. The summed E-state index contributed by atoms with van der Waals surface area (Å²) in [5, 5.41) is 0.631. The van der Waals surface area contributed by atoms with E-state index in [0.29, 0.717) is 5.19 Å². The van der Waals surface area contributed by atoms with Crippen molar-refractivity contribution in [3.05, 3.63) is 24.3 Å². The molecule has 2 rings (SSSR count). The zero-order valence-corrected chi connectivity index (χ0v) is 7.73. The molecule has 0 bridgehead atoms. The Hall–Kier alpha value is -0.800. The van der Waals surface area contributed by atoms with Gasteiger partial charge in [-0.3, -0.25) is 0 Å². The second-order valence-corrected chi connectivity index (χ2v) is 3.41. The van der Waals surface area contributed by atoms with Crippen LogP contribution in [0.3, 0.4) is 0 Å². The molecule has 0 aliphatic rings. The first-order valence-corrected chi connectivity index (χ1v) is 4.79. The van der Waals surface area contributed by atoms with Crippen LogP contribution in [0.15, 0.2) is 24.3 Å². The van der Waals surface area contributed by atoms with Gasteiger partial charge in [0.15, 0.2) is 6.07 Å². The highest BCUT2D eigenvalue weighted by Gasteiger charge is 2.01. The molecule has 0 saturated heterocycles. The molecule has 2 aromatic rings. The Kier molecular flexibility index (Phi) is 2.15. The van der Waals surface area contributed by atoms with E-state index in [1.54, 1.807) is 0 Å². The van der Waals surface area contributed by atoms with Crippen LogP contribution in [0.5, 0.6) is 5.19 Å². The number of para-hydroxylation sites is 1. The molecule has 0 N–H and O–H groups in total. The van der Waals surface area contributed by atoms with E-state index in [1.807, 2.05) is 24.3 Å². The van der Waals surface area contributed by atoms with Gasteiger partial charge in [-0.25, -0.2) is 4.98 Å². The smallest absolute Gasteiger partial charge is 0.275 e. The molecule has 0 radical (unpaired) electrons. The Morgan fingerprint density at radius 2 is 2.25 bits per heavy atom. The van der Waals surface area contributed by atoms with Gasteiger partial charge in [-0.15, -0.1) is 0 Å². The van der Waals surface area contributed by atoms with Gasteiger partial charge < -0.3 is 4.74 Å². The van der Waals surface area contributed by atoms with E-state index >= 15 is 0 Å². The fourth-order valence-corrected chi connectivity index (χ4v) is 1.94. The van der Waals surface area contributed by atoms with Crippen molar-refractivity contribution in [2.45, 2.75) is 0 Å². The van der Waals surface area contributed by atoms with Crippen LogP contribution >= 0.6 is 22.9 Å². The fraction of sp³-hybridized carbons (Fsp3) is 0.125. The van der Waals surface area contributed by atoms with Crippen molar-refractivity contribution in [2.24, 2.45) is 0 Å². The van der Waals surface area contributed by atoms with Crippen molar-refractivity contribution >= 4 is 33.2 Å². The number of thiazole rings is 1. The highest BCUT2D eigenvalue weighted by molar-refractivity contribution is 7.20. The number of rotatable bonds is 2. The second kappa shape index (κ2) is 3.29. The quantitative estimate of drug-likeness (QED) is 0.694. The third-order valence-corrected chi connectivity index (χ3v) is 2.51. The maximum Gasteiger partial charge on any atom is 0.275 e. The monoisotopic (exact) mass is 199 g/mol. The van der Waals surface area contributed by atoms with Crippen LogP contribution in [0.1, 0.15) is 0 Å². The molecule has 4 heteroatoms. The number of fused-ring (bicyclic) bond motifs is 1. The normalized spacial score (nSPS) is 10.4. The molecule has 0 fully saturated rings. The molecular weight excluding hydrogens is 194 g/mol. The van der Waals surface area contributed by atoms with Gasteiger partial charge in [-0.1, -0.05) is 35.1 Å². The predicted molar refractivity (Wildman–Crippen MR) is 51.0 cm³/mol. The summed E-state index contributed by atoms with van der Waals surface area (Å²) in [7, 11) is 0. The molecule has 62 valence electrons. The molecule has 0 aliphatic heterocycles. The summed E-state index contributed by atoms with van der Waals surface area (Å²) in [5.41, 5.74) is 0.961. The van der Waals surface area contributed by atoms with E-state index in [4.69, 9.17) is 16.3 Å². The zero-order valence-electron chi connectivity index (χ0n) is 6.16. The minimum Gasteiger partial charge on any atom is -0.454 e. The van der Waals surface area contributed by atoms with Crippen LogP contribution in [0.4, 0.5) is 0 Å². The molecule has 0 saturated carbocycles. The standard InChI is InChI=1S/C8H6ClNOS/c9-5-11-8-10-6-3-1-2-4-7(6)12-8/h1-4H,5H2. The minimum atomic E-state index is 0.153. The van der Waals surface area contributed by atoms with Crippen molar-refractivity contribution in [1.82, 2.24) is 4.98 Å². The van der Waals surface area contributed by atoms with E-state index in [2.05, 4.69) is 4.98 Å². The highest BCUT2D eigenvalue weighted by Crippen LogP contribution is 2.27. The maximum absolute atomic E-state index is 5.41. The number of hydrogen-bond donors (Lipinski definition) is 0. The lowest BCUT2D eigenvalue weighted by Gasteiger charge is -1.90. The van der Waals surface area contributed by atoms with Gasteiger partial charge in [0.05, 0.1) is 10.2 Å². The molecule has 1 aromatic heterocycles. The van der Waals surface area contributed by atoms with E-state index in [9.17, 15) is 0 Å². The lowest BCUT2D eigenvalue weighted by atomic mass is 10.3. The summed E-state index contributed by atoms with van der Waals surface area (Å²) in [6, 6.07) is 8.04. The van der Waals surface area contributed by atoms with Gasteiger partial charge in [0.1, 0.15) is 0 Å². The lowest BCUT2D eigenvalue weighted by molar-refractivity contribution is 0.386. The third-order valence-electron chi connectivity index (χ3n) is 1.45. The summed E-state index contributed by atoms with van der Waals surface area (Å²) in [5.74, 6) is 0. The average Bonchev–Trinajstić information content (AvgIpc) is 2.47. The van der Waals surface area contributed by atoms with Crippen LogP contribution < -0.4 is 4.74 Å². The molecule has 2 nitrogen and oxygen atoms in total. The number of hydrogen-bond acceptors (Lipinski definition) is 3. The fourth-order valence-electron chi connectivity index (χ4n) is 0.959. The van der Waals surface area contributed by atoms with Gasteiger partial charge in [0.2, 0.25) is 0 Å². The number of ether oxygens (including phenoxy) is 1. The van der Waals surface area contributed by atoms with Crippen molar-refractivity contribution in [2.75, 3.05) is 6.07 Å². The average molecular weight is 200 g/mol. The van der Waals surface area contributed by atoms with Crippen LogP contribution in [0, 0.1) is 0 Å². The molecule has 12 heavy (non-hydrogen) atoms. The Morgan fingerprint density at radius 3 is 3.00 bits per heavy atom. The molecule has 0 unspecified atom stereocenters. The van der Waals surface area contributed by atoms with Crippen LogP contribution in [0.25, 0.3) is 10.2 Å². The molecule has 0 atom stereocenters. The van der Waals surface area contributed by atoms with Crippen molar-refractivity contribution in [3.63, 3.8) is 0 Å². The van der Waals surface area contributed by atoms with Crippen LogP contribution in [0.2, 0.25) is 0 Å². The summed E-state index contributed by atoms with van der Waals surface area (Å²) in [6.45, 7) is 0. The van der Waals surface area contributed by atoms with Gasteiger partial charge >= 0.3 is 0 Å². The van der Waals surface area contributed by atoms with Crippen LogP contribution in [-0.2, 0) is 0 Å². The molecule has 0 aliphatic carbocycles. The lowest BCUT2D eigenvalue weighted by Crippen LogP contribution is -1.86. The summed E-state index contributed by atoms with van der Waals surface area (Å²) >= 11 is 6.91. The number of benzene rings is 1. The number of halogens is 1. The van der Waals surface area contributed by atoms with E-state index < -0.39 is 0 Å². The Bertz CT molecular complexity index is 354. The highest BCUT2D eigenvalue weighted by atomic mass is 35.5. The largest absolute Gasteiger partial charge is 0.454 e.